The Labute approximate surface area is 139 Å². The third-order valence-corrected chi connectivity index (χ3v) is 5.19. The van der Waals surface area contributed by atoms with Crippen LogP contribution in [0.5, 0.6) is 5.75 Å². The summed E-state index contributed by atoms with van der Waals surface area (Å²) >= 11 is 1.47. The number of hydrogen-bond acceptors (Lipinski definition) is 5. The molecule has 120 valence electrons. The minimum absolute atomic E-state index is 0.0877. The lowest BCUT2D eigenvalue weighted by Gasteiger charge is -2.20. The summed E-state index contributed by atoms with van der Waals surface area (Å²) in [7, 11) is 0. The monoisotopic (exact) mass is 329 g/mol. The van der Waals surface area contributed by atoms with Crippen LogP contribution >= 0.6 is 11.3 Å². The summed E-state index contributed by atoms with van der Waals surface area (Å²) in [5, 5.41) is 8.89. The molecule has 0 radical (unpaired) electrons. The Kier molecular flexibility index (Phi) is 4.01. The fourth-order valence-corrected chi connectivity index (χ4v) is 3.80. The van der Waals surface area contributed by atoms with Crippen molar-refractivity contribution in [3.8, 4) is 17.0 Å². The van der Waals surface area contributed by atoms with E-state index in [-0.39, 0.29) is 11.8 Å². The number of thiazole rings is 1. The van der Waals surface area contributed by atoms with Crippen LogP contribution in [0.2, 0.25) is 0 Å². The lowest BCUT2D eigenvalue weighted by atomic mass is 9.97. The normalized spacial score (nSPS) is 17.6. The summed E-state index contributed by atoms with van der Waals surface area (Å²) in [6.07, 6.45) is 2.77. The number of aromatic nitrogens is 1. The first-order chi connectivity index (χ1) is 11.3. The van der Waals surface area contributed by atoms with Crippen molar-refractivity contribution in [1.82, 2.24) is 10.3 Å². The predicted octanol–water partition coefficient (Wildman–Crippen LogP) is 2.68. The number of carbonyl (C=O) groups is 1. The van der Waals surface area contributed by atoms with Crippen molar-refractivity contribution in [3.05, 3.63) is 29.1 Å². The number of amides is 1. The lowest BCUT2D eigenvalue weighted by molar-refractivity contribution is -0.120. The molecule has 4 rings (SSSR count). The SMILES string of the molecule is O=C(Nc1nc(-c2ccc3c(c2)OCC3)cs1)C1CCNCC1. The van der Waals surface area contributed by atoms with E-state index in [1.807, 2.05) is 11.4 Å². The molecule has 1 aromatic carbocycles. The maximum Gasteiger partial charge on any atom is 0.229 e. The molecule has 2 N–H and O–H groups in total. The van der Waals surface area contributed by atoms with Gasteiger partial charge >= 0.3 is 0 Å². The van der Waals surface area contributed by atoms with Crippen molar-refractivity contribution in [1.29, 1.82) is 0 Å². The van der Waals surface area contributed by atoms with Crippen molar-refractivity contribution in [2.45, 2.75) is 19.3 Å². The molecule has 2 aliphatic heterocycles. The minimum atomic E-state index is 0.0877. The van der Waals surface area contributed by atoms with E-state index >= 15 is 0 Å². The molecule has 0 spiro atoms. The van der Waals surface area contributed by atoms with E-state index in [1.54, 1.807) is 0 Å². The molecular formula is C17H19N3O2S. The van der Waals surface area contributed by atoms with E-state index in [4.69, 9.17) is 4.74 Å². The lowest BCUT2D eigenvalue weighted by Crippen LogP contribution is -2.34. The summed E-state index contributed by atoms with van der Waals surface area (Å²) in [5.74, 6) is 1.14. The van der Waals surface area contributed by atoms with Crippen LogP contribution in [0, 0.1) is 5.92 Å². The van der Waals surface area contributed by atoms with E-state index < -0.39 is 0 Å². The molecule has 1 fully saturated rings. The highest BCUT2D eigenvalue weighted by Gasteiger charge is 2.22. The molecule has 2 aliphatic rings. The highest BCUT2D eigenvalue weighted by molar-refractivity contribution is 7.14. The van der Waals surface area contributed by atoms with Crippen LogP contribution in [-0.4, -0.2) is 30.6 Å². The van der Waals surface area contributed by atoms with Crippen LogP contribution in [0.15, 0.2) is 23.6 Å². The molecule has 0 atom stereocenters. The van der Waals surface area contributed by atoms with Gasteiger partial charge in [0.2, 0.25) is 5.91 Å². The van der Waals surface area contributed by atoms with Gasteiger partial charge in [0, 0.05) is 23.3 Å². The second-order valence-corrected chi connectivity index (χ2v) is 6.83. The molecule has 1 amide bonds. The fraction of sp³-hybridized carbons (Fsp3) is 0.412. The number of piperidine rings is 1. The molecule has 0 bridgehead atoms. The van der Waals surface area contributed by atoms with E-state index in [1.165, 1.54) is 16.9 Å². The van der Waals surface area contributed by atoms with Gasteiger partial charge in [-0.3, -0.25) is 4.79 Å². The van der Waals surface area contributed by atoms with Crippen LogP contribution < -0.4 is 15.4 Å². The first kappa shape index (κ1) is 14.7. The minimum Gasteiger partial charge on any atom is -0.493 e. The van der Waals surface area contributed by atoms with Crippen LogP contribution in [0.3, 0.4) is 0 Å². The molecule has 3 heterocycles. The number of rotatable bonds is 3. The molecule has 0 saturated carbocycles. The van der Waals surface area contributed by atoms with Crippen LogP contribution in [0.25, 0.3) is 11.3 Å². The Bertz CT molecular complexity index is 722. The van der Waals surface area contributed by atoms with E-state index in [0.717, 1.165) is 56.0 Å². The summed E-state index contributed by atoms with van der Waals surface area (Å²) in [6, 6.07) is 6.21. The van der Waals surface area contributed by atoms with Crippen LogP contribution in [0.4, 0.5) is 5.13 Å². The zero-order chi connectivity index (χ0) is 15.6. The van der Waals surface area contributed by atoms with E-state index in [2.05, 4.69) is 27.8 Å². The van der Waals surface area contributed by atoms with Gasteiger partial charge < -0.3 is 15.4 Å². The summed E-state index contributed by atoms with van der Waals surface area (Å²) in [4.78, 5) is 16.8. The fourth-order valence-electron chi connectivity index (χ4n) is 3.08. The predicted molar refractivity (Wildman–Crippen MR) is 91.0 cm³/mol. The number of hydrogen-bond donors (Lipinski definition) is 2. The van der Waals surface area contributed by atoms with E-state index in [0.29, 0.717) is 5.13 Å². The molecular weight excluding hydrogens is 310 g/mol. The largest absolute Gasteiger partial charge is 0.493 e. The summed E-state index contributed by atoms with van der Waals surface area (Å²) in [5.41, 5.74) is 3.17. The van der Waals surface area contributed by atoms with Crippen molar-refractivity contribution in [3.63, 3.8) is 0 Å². The number of anilines is 1. The zero-order valence-corrected chi connectivity index (χ0v) is 13.6. The van der Waals surface area contributed by atoms with Gasteiger partial charge in [0.15, 0.2) is 5.13 Å². The highest BCUT2D eigenvalue weighted by Crippen LogP contribution is 2.32. The smallest absolute Gasteiger partial charge is 0.229 e. The molecule has 0 unspecified atom stereocenters. The topological polar surface area (TPSA) is 63.2 Å². The number of carbonyl (C=O) groups excluding carboxylic acids is 1. The Morgan fingerprint density at radius 1 is 1.35 bits per heavy atom. The van der Waals surface area contributed by atoms with Crippen molar-refractivity contribution in [2.75, 3.05) is 25.0 Å². The van der Waals surface area contributed by atoms with Gasteiger partial charge in [-0.15, -0.1) is 11.3 Å². The van der Waals surface area contributed by atoms with Gasteiger partial charge in [-0.25, -0.2) is 4.98 Å². The van der Waals surface area contributed by atoms with Crippen molar-refractivity contribution < 1.29 is 9.53 Å². The Morgan fingerprint density at radius 3 is 3.09 bits per heavy atom. The third kappa shape index (κ3) is 3.09. The second kappa shape index (κ2) is 6.29. The van der Waals surface area contributed by atoms with Gasteiger partial charge in [0.05, 0.1) is 12.3 Å². The molecule has 1 saturated heterocycles. The van der Waals surface area contributed by atoms with Crippen LogP contribution in [-0.2, 0) is 11.2 Å². The Balaban J connectivity index is 1.47. The first-order valence-electron chi connectivity index (χ1n) is 8.03. The maximum atomic E-state index is 12.3. The number of nitrogens with one attached hydrogen (secondary N) is 2. The number of fused-ring (bicyclic) bond motifs is 1. The average molecular weight is 329 g/mol. The molecule has 5 nitrogen and oxygen atoms in total. The van der Waals surface area contributed by atoms with Gasteiger partial charge in [-0.1, -0.05) is 12.1 Å². The zero-order valence-electron chi connectivity index (χ0n) is 12.8. The average Bonchev–Trinajstić information content (AvgIpc) is 3.23. The van der Waals surface area contributed by atoms with Gasteiger partial charge in [0.1, 0.15) is 5.75 Å². The first-order valence-corrected chi connectivity index (χ1v) is 8.91. The second-order valence-electron chi connectivity index (χ2n) is 5.97. The van der Waals surface area contributed by atoms with Crippen molar-refractivity contribution >= 4 is 22.4 Å². The summed E-state index contributed by atoms with van der Waals surface area (Å²) in [6.45, 7) is 2.58. The van der Waals surface area contributed by atoms with Crippen LogP contribution in [0.1, 0.15) is 18.4 Å². The van der Waals surface area contributed by atoms with Crippen molar-refractivity contribution in [2.24, 2.45) is 5.92 Å². The number of benzene rings is 1. The summed E-state index contributed by atoms with van der Waals surface area (Å²) < 4.78 is 5.61. The standard InChI is InChI=1S/C17H19N3O2S/c21-16(12-3-6-18-7-4-12)20-17-19-14(10-23-17)13-2-1-11-5-8-22-15(11)9-13/h1-2,9-10,12,18H,3-8H2,(H,19,20,21). The van der Waals surface area contributed by atoms with Gasteiger partial charge in [-0.2, -0.15) is 0 Å². The number of nitrogens with zero attached hydrogens (tertiary/aromatic N) is 1. The molecule has 23 heavy (non-hydrogen) atoms. The number of ether oxygens (including phenoxy) is 1. The van der Waals surface area contributed by atoms with Gasteiger partial charge in [-0.05, 0) is 37.6 Å². The third-order valence-electron chi connectivity index (χ3n) is 4.44. The molecule has 6 heteroatoms. The highest BCUT2D eigenvalue weighted by atomic mass is 32.1. The molecule has 2 aromatic rings. The Morgan fingerprint density at radius 2 is 2.22 bits per heavy atom. The Hall–Kier alpha value is -1.92. The molecule has 0 aliphatic carbocycles. The van der Waals surface area contributed by atoms with E-state index in [9.17, 15) is 4.79 Å². The maximum absolute atomic E-state index is 12.3. The molecule has 1 aromatic heterocycles. The quantitative estimate of drug-likeness (QED) is 0.909. The van der Waals surface area contributed by atoms with Gasteiger partial charge in [0.25, 0.3) is 0 Å².